The molecule has 0 aromatic carbocycles. The van der Waals surface area contributed by atoms with E-state index in [1.165, 1.54) is 45.2 Å². The van der Waals surface area contributed by atoms with E-state index in [-0.39, 0.29) is 0 Å². The average molecular weight is 268 g/mol. The standard InChI is InChI=1S/C9H19N.C9H18/c1-9(2,3)5-8-6-10(4)7-8;1-9(2,3)7-8-5-4-6-8/h8H,5-7H2,1-4H3;8H,4-7H2,1-3H3. The van der Waals surface area contributed by atoms with E-state index in [2.05, 4.69) is 53.5 Å². The number of hydrogen-bond acceptors (Lipinski definition) is 1. The Hall–Kier alpha value is -0.0400. The van der Waals surface area contributed by atoms with Crippen LogP contribution in [0.5, 0.6) is 0 Å². The Bertz CT molecular complexity index is 246. The van der Waals surface area contributed by atoms with E-state index in [9.17, 15) is 0 Å². The summed E-state index contributed by atoms with van der Waals surface area (Å²) >= 11 is 0. The molecule has 1 saturated carbocycles. The zero-order chi connectivity index (χ0) is 14.7. The summed E-state index contributed by atoms with van der Waals surface area (Å²) in [5, 5.41) is 0. The summed E-state index contributed by atoms with van der Waals surface area (Å²) in [5.41, 5.74) is 1.11. The van der Waals surface area contributed by atoms with Crippen LogP contribution in [-0.4, -0.2) is 25.0 Å². The third-order valence-corrected chi connectivity index (χ3v) is 4.17. The molecule has 0 bridgehead atoms. The summed E-state index contributed by atoms with van der Waals surface area (Å²) in [6.07, 6.45) is 7.31. The van der Waals surface area contributed by atoms with Gasteiger partial charge in [0.1, 0.15) is 0 Å². The number of hydrogen-bond donors (Lipinski definition) is 0. The van der Waals surface area contributed by atoms with Gasteiger partial charge in [-0.25, -0.2) is 0 Å². The van der Waals surface area contributed by atoms with Crippen LogP contribution in [0.25, 0.3) is 0 Å². The van der Waals surface area contributed by atoms with Gasteiger partial charge in [0, 0.05) is 13.1 Å². The van der Waals surface area contributed by atoms with Crippen molar-refractivity contribution in [3.8, 4) is 0 Å². The molecule has 0 N–H and O–H groups in total. The lowest BCUT2D eigenvalue weighted by Crippen LogP contribution is -2.45. The molecule has 1 heterocycles. The van der Waals surface area contributed by atoms with Crippen molar-refractivity contribution in [1.29, 1.82) is 0 Å². The van der Waals surface area contributed by atoms with Gasteiger partial charge in [0.25, 0.3) is 0 Å². The average Bonchev–Trinajstić information content (AvgIpc) is 2.07. The van der Waals surface area contributed by atoms with Gasteiger partial charge in [0.2, 0.25) is 0 Å². The fraction of sp³-hybridized carbons (Fsp3) is 1.00. The quantitative estimate of drug-likeness (QED) is 0.664. The molecule has 0 unspecified atom stereocenters. The fourth-order valence-corrected chi connectivity index (χ4v) is 3.39. The fourth-order valence-electron chi connectivity index (χ4n) is 3.39. The minimum Gasteiger partial charge on any atom is -0.306 e. The second-order valence-electron chi connectivity index (χ2n) is 9.41. The van der Waals surface area contributed by atoms with Crippen molar-refractivity contribution in [2.24, 2.45) is 22.7 Å². The molecule has 2 aliphatic rings. The molecule has 0 atom stereocenters. The first kappa shape index (κ1) is 17.0. The maximum Gasteiger partial charge on any atom is 0.00192 e. The molecule has 1 nitrogen and oxygen atoms in total. The van der Waals surface area contributed by atoms with Crippen molar-refractivity contribution in [1.82, 2.24) is 4.90 Å². The van der Waals surface area contributed by atoms with E-state index in [0.29, 0.717) is 10.8 Å². The maximum absolute atomic E-state index is 2.39. The van der Waals surface area contributed by atoms with Crippen molar-refractivity contribution in [2.45, 2.75) is 73.6 Å². The van der Waals surface area contributed by atoms with Crippen LogP contribution in [0.2, 0.25) is 0 Å². The Morgan fingerprint density at radius 3 is 1.42 bits per heavy atom. The van der Waals surface area contributed by atoms with Gasteiger partial charge in [-0.15, -0.1) is 0 Å². The zero-order valence-electron chi connectivity index (χ0n) is 14.6. The molecule has 1 saturated heterocycles. The molecule has 2 rings (SSSR count). The molecular formula is C18H37N. The van der Waals surface area contributed by atoms with Crippen LogP contribution >= 0.6 is 0 Å². The lowest BCUT2D eigenvalue weighted by Gasteiger charge is -2.39. The lowest BCUT2D eigenvalue weighted by atomic mass is 9.74. The molecule has 0 aromatic heterocycles. The highest BCUT2D eigenvalue weighted by Gasteiger charge is 2.27. The van der Waals surface area contributed by atoms with Gasteiger partial charge in [-0.2, -0.15) is 0 Å². The number of nitrogens with zero attached hydrogens (tertiary/aromatic N) is 1. The van der Waals surface area contributed by atoms with Crippen LogP contribution in [-0.2, 0) is 0 Å². The van der Waals surface area contributed by atoms with Crippen molar-refractivity contribution < 1.29 is 0 Å². The Labute approximate surface area is 122 Å². The van der Waals surface area contributed by atoms with Crippen LogP contribution in [0.15, 0.2) is 0 Å². The van der Waals surface area contributed by atoms with E-state index >= 15 is 0 Å². The number of likely N-dealkylation sites (tertiary alicyclic amines) is 1. The Morgan fingerprint density at radius 2 is 1.21 bits per heavy atom. The third-order valence-electron chi connectivity index (χ3n) is 4.17. The van der Waals surface area contributed by atoms with Crippen LogP contribution in [0.4, 0.5) is 0 Å². The molecule has 0 aromatic rings. The molecule has 2 fully saturated rings. The van der Waals surface area contributed by atoms with Gasteiger partial charge in [-0.1, -0.05) is 60.8 Å². The Kier molecular flexibility index (Phi) is 5.92. The van der Waals surface area contributed by atoms with Gasteiger partial charge in [0.05, 0.1) is 0 Å². The molecule has 1 aliphatic carbocycles. The van der Waals surface area contributed by atoms with E-state index < -0.39 is 0 Å². The topological polar surface area (TPSA) is 3.24 Å². The summed E-state index contributed by atoms with van der Waals surface area (Å²) < 4.78 is 0. The Balaban J connectivity index is 0.000000191. The highest BCUT2D eigenvalue weighted by molar-refractivity contribution is 4.80. The van der Waals surface area contributed by atoms with E-state index in [0.717, 1.165) is 11.8 Å². The Morgan fingerprint density at radius 1 is 0.789 bits per heavy atom. The van der Waals surface area contributed by atoms with E-state index in [1.807, 2.05) is 0 Å². The smallest absolute Gasteiger partial charge is 0.00192 e. The van der Waals surface area contributed by atoms with Crippen LogP contribution < -0.4 is 0 Å². The molecule has 1 aliphatic heterocycles. The molecule has 0 radical (unpaired) electrons. The summed E-state index contributed by atoms with van der Waals surface area (Å²) in [5.74, 6) is 2.05. The van der Waals surface area contributed by atoms with Crippen molar-refractivity contribution in [3.05, 3.63) is 0 Å². The van der Waals surface area contributed by atoms with Crippen molar-refractivity contribution in [2.75, 3.05) is 20.1 Å². The first-order chi connectivity index (χ1) is 8.55. The molecule has 0 spiro atoms. The zero-order valence-corrected chi connectivity index (χ0v) is 14.6. The summed E-state index contributed by atoms with van der Waals surface area (Å²) in [4.78, 5) is 2.39. The number of rotatable bonds is 2. The van der Waals surface area contributed by atoms with Crippen molar-refractivity contribution >= 4 is 0 Å². The van der Waals surface area contributed by atoms with E-state index in [1.54, 1.807) is 0 Å². The minimum absolute atomic E-state index is 0.534. The second-order valence-corrected chi connectivity index (χ2v) is 9.41. The SMILES string of the molecule is CC(C)(C)CC1CCC1.CN1CC(CC(C)(C)C)C1. The monoisotopic (exact) mass is 267 g/mol. The largest absolute Gasteiger partial charge is 0.306 e. The highest BCUT2D eigenvalue weighted by atomic mass is 15.2. The molecule has 0 amide bonds. The van der Waals surface area contributed by atoms with Crippen LogP contribution in [0, 0.1) is 22.7 Å². The third kappa shape index (κ3) is 7.97. The molecule has 19 heavy (non-hydrogen) atoms. The summed E-state index contributed by atoms with van der Waals surface area (Å²) in [6, 6.07) is 0. The minimum atomic E-state index is 0.534. The summed E-state index contributed by atoms with van der Waals surface area (Å²) in [7, 11) is 2.19. The molecule has 114 valence electrons. The first-order valence-electron chi connectivity index (χ1n) is 8.24. The highest BCUT2D eigenvalue weighted by Crippen LogP contribution is 2.36. The van der Waals surface area contributed by atoms with Gasteiger partial charge >= 0.3 is 0 Å². The first-order valence-corrected chi connectivity index (χ1v) is 8.24. The van der Waals surface area contributed by atoms with Gasteiger partial charge in [-0.05, 0) is 42.6 Å². The molecule has 1 heteroatoms. The van der Waals surface area contributed by atoms with Gasteiger partial charge < -0.3 is 4.90 Å². The van der Waals surface area contributed by atoms with Crippen LogP contribution in [0.3, 0.4) is 0 Å². The molecular weight excluding hydrogens is 230 g/mol. The maximum atomic E-state index is 2.39. The second kappa shape index (κ2) is 6.61. The predicted octanol–water partition coefficient (Wildman–Crippen LogP) is 5.21. The summed E-state index contributed by atoms with van der Waals surface area (Å²) in [6.45, 7) is 16.6. The normalized spacial score (nSPS) is 22.3. The van der Waals surface area contributed by atoms with Gasteiger partial charge in [0.15, 0.2) is 0 Å². The van der Waals surface area contributed by atoms with Gasteiger partial charge in [-0.3, -0.25) is 0 Å². The van der Waals surface area contributed by atoms with Crippen molar-refractivity contribution in [3.63, 3.8) is 0 Å². The lowest BCUT2D eigenvalue weighted by molar-refractivity contribution is 0.0955. The van der Waals surface area contributed by atoms with E-state index in [4.69, 9.17) is 0 Å². The predicted molar refractivity (Wildman–Crippen MR) is 86.5 cm³/mol. The van der Waals surface area contributed by atoms with Crippen LogP contribution in [0.1, 0.15) is 73.6 Å².